The summed E-state index contributed by atoms with van der Waals surface area (Å²) in [7, 11) is -2.00. The van der Waals surface area contributed by atoms with Gasteiger partial charge in [0.15, 0.2) is 6.61 Å². The van der Waals surface area contributed by atoms with E-state index in [0.717, 1.165) is 5.56 Å². The molecule has 7 nitrogen and oxygen atoms in total. The predicted octanol–water partition coefficient (Wildman–Crippen LogP) is 3.36. The zero-order valence-electron chi connectivity index (χ0n) is 17.5. The Balaban J connectivity index is 2.08. The molecule has 0 heterocycles. The van der Waals surface area contributed by atoms with Crippen LogP contribution in [0.15, 0.2) is 41.3 Å². The second-order valence-electron chi connectivity index (χ2n) is 6.56. The van der Waals surface area contributed by atoms with Gasteiger partial charge in [-0.2, -0.15) is 4.31 Å². The number of ether oxygens (including phenoxy) is 2. The van der Waals surface area contributed by atoms with Gasteiger partial charge in [-0.15, -0.1) is 0 Å². The number of hydrogen-bond donors (Lipinski definition) is 1. The molecule has 0 fully saturated rings. The summed E-state index contributed by atoms with van der Waals surface area (Å²) in [5.74, 6) is 0.675. The van der Waals surface area contributed by atoms with E-state index in [4.69, 9.17) is 9.47 Å². The molecule has 0 aliphatic carbocycles. The van der Waals surface area contributed by atoms with Crippen LogP contribution in [-0.4, -0.2) is 45.4 Å². The molecule has 0 aliphatic rings. The summed E-state index contributed by atoms with van der Waals surface area (Å²) in [6.45, 7) is 7.86. The molecular formula is C21H28N2O5S. The van der Waals surface area contributed by atoms with Crippen molar-refractivity contribution in [2.45, 2.75) is 32.6 Å². The van der Waals surface area contributed by atoms with Crippen LogP contribution in [0.5, 0.6) is 11.5 Å². The number of anilines is 1. The maximum absolute atomic E-state index is 12.6. The third-order valence-electron chi connectivity index (χ3n) is 4.48. The molecule has 0 atom stereocenters. The normalized spacial score (nSPS) is 11.4. The van der Waals surface area contributed by atoms with Gasteiger partial charge in [-0.05, 0) is 55.3 Å². The van der Waals surface area contributed by atoms with Gasteiger partial charge in [0.2, 0.25) is 10.0 Å². The highest BCUT2D eigenvalue weighted by atomic mass is 32.2. The number of methoxy groups -OCH3 is 1. The number of rotatable bonds is 9. The summed E-state index contributed by atoms with van der Waals surface area (Å²) in [5.41, 5.74) is 2.19. The van der Waals surface area contributed by atoms with Crippen LogP contribution < -0.4 is 14.8 Å². The van der Waals surface area contributed by atoms with Crippen molar-refractivity contribution in [3.8, 4) is 11.5 Å². The van der Waals surface area contributed by atoms with Gasteiger partial charge in [0.1, 0.15) is 11.5 Å². The number of sulfonamides is 1. The molecule has 0 saturated carbocycles. The van der Waals surface area contributed by atoms with Gasteiger partial charge in [-0.3, -0.25) is 4.79 Å². The van der Waals surface area contributed by atoms with Crippen molar-refractivity contribution in [1.82, 2.24) is 4.31 Å². The van der Waals surface area contributed by atoms with E-state index < -0.39 is 10.0 Å². The molecule has 8 heteroatoms. The molecular weight excluding hydrogens is 392 g/mol. The van der Waals surface area contributed by atoms with Gasteiger partial charge in [0.05, 0.1) is 17.7 Å². The number of benzene rings is 2. The second-order valence-corrected chi connectivity index (χ2v) is 8.50. The SMILES string of the molecule is CCN(CC)S(=O)(=O)c1ccc(OCC(=O)Nc2cc(C)ccc2OC)c(C)c1. The molecule has 2 rings (SSSR count). The van der Waals surface area contributed by atoms with Crippen molar-refractivity contribution in [3.63, 3.8) is 0 Å². The third kappa shape index (κ3) is 5.48. The zero-order valence-corrected chi connectivity index (χ0v) is 18.3. The Bertz CT molecular complexity index is 969. The first-order valence-corrected chi connectivity index (χ1v) is 10.8. The minimum absolute atomic E-state index is 0.208. The second kappa shape index (κ2) is 9.76. The van der Waals surface area contributed by atoms with Crippen molar-refractivity contribution >= 4 is 21.6 Å². The van der Waals surface area contributed by atoms with Crippen LogP contribution in [0.25, 0.3) is 0 Å². The van der Waals surface area contributed by atoms with Crippen LogP contribution in [0.1, 0.15) is 25.0 Å². The number of carbonyl (C=O) groups excluding carboxylic acids is 1. The van der Waals surface area contributed by atoms with Crippen LogP contribution in [0, 0.1) is 13.8 Å². The van der Waals surface area contributed by atoms with E-state index in [2.05, 4.69) is 5.32 Å². The van der Waals surface area contributed by atoms with Crippen LogP contribution >= 0.6 is 0 Å². The standard InChI is InChI=1S/C21H28N2O5S/c1-6-23(7-2)29(25,26)17-9-11-19(16(4)13-17)28-14-21(24)22-18-12-15(3)8-10-20(18)27-5/h8-13H,6-7,14H2,1-5H3,(H,22,24). The fourth-order valence-electron chi connectivity index (χ4n) is 2.91. The summed E-state index contributed by atoms with van der Waals surface area (Å²) in [6, 6.07) is 10.1. The first-order chi connectivity index (χ1) is 13.7. The van der Waals surface area contributed by atoms with Gasteiger partial charge in [-0.25, -0.2) is 8.42 Å². The molecule has 0 bridgehead atoms. The molecule has 158 valence electrons. The lowest BCUT2D eigenvalue weighted by atomic mass is 10.2. The monoisotopic (exact) mass is 420 g/mol. The molecule has 0 saturated heterocycles. The molecule has 0 aromatic heterocycles. The van der Waals surface area contributed by atoms with Crippen molar-refractivity contribution in [1.29, 1.82) is 0 Å². The van der Waals surface area contributed by atoms with Crippen LogP contribution in [0.2, 0.25) is 0 Å². The number of hydrogen-bond acceptors (Lipinski definition) is 5. The third-order valence-corrected chi connectivity index (χ3v) is 6.52. The van der Waals surface area contributed by atoms with E-state index in [-0.39, 0.29) is 17.4 Å². The number of aryl methyl sites for hydroxylation is 2. The number of nitrogens with one attached hydrogen (secondary N) is 1. The lowest BCUT2D eigenvalue weighted by Gasteiger charge is -2.19. The number of nitrogens with zero attached hydrogens (tertiary/aromatic N) is 1. The van der Waals surface area contributed by atoms with Crippen molar-refractivity contribution < 1.29 is 22.7 Å². The van der Waals surface area contributed by atoms with Gasteiger partial charge in [-0.1, -0.05) is 19.9 Å². The fraction of sp³-hybridized carbons (Fsp3) is 0.381. The highest BCUT2D eigenvalue weighted by Gasteiger charge is 2.22. The average molecular weight is 421 g/mol. The molecule has 2 aromatic carbocycles. The van der Waals surface area contributed by atoms with Gasteiger partial charge >= 0.3 is 0 Å². The largest absolute Gasteiger partial charge is 0.495 e. The summed E-state index contributed by atoms with van der Waals surface area (Å²) in [6.07, 6.45) is 0. The summed E-state index contributed by atoms with van der Waals surface area (Å²) in [5, 5.41) is 2.77. The maximum atomic E-state index is 12.6. The molecule has 0 spiro atoms. The number of carbonyl (C=O) groups is 1. The minimum Gasteiger partial charge on any atom is -0.495 e. The van der Waals surface area contributed by atoms with Crippen LogP contribution in [-0.2, 0) is 14.8 Å². The van der Waals surface area contributed by atoms with Gasteiger partial charge in [0.25, 0.3) is 5.91 Å². The Morgan fingerprint density at radius 3 is 2.28 bits per heavy atom. The highest BCUT2D eigenvalue weighted by molar-refractivity contribution is 7.89. The first kappa shape index (κ1) is 22.7. The summed E-state index contributed by atoms with van der Waals surface area (Å²) in [4.78, 5) is 12.5. The van der Waals surface area contributed by atoms with E-state index in [1.807, 2.05) is 19.1 Å². The van der Waals surface area contributed by atoms with Crippen molar-refractivity contribution in [3.05, 3.63) is 47.5 Å². The zero-order chi connectivity index (χ0) is 21.6. The molecule has 1 N–H and O–H groups in total. The lowest BCUT2D eigenvalue weighted by molar-refractivity contribution is -0.118. The topological polar surface area (TPSA) is 84.9 Å². The molecule has 2 aromatic rings. The predicted molar refractivity (Wildman–Crippen MR) is 113 cm³/mol. The lowest BCUT2D eigenvalue weighted by Crippen LogP contribution is -2.30. The smallest absolute Gasteiger partial charge is 0.262 e. The molecule has 1 amide bonds. The van der Waals surface area contributed by atoms with Gasteiger partial charge < -0.3 is 14.8 Å². The quantitative estimate of drug-likeness (QED) is 0.672. The van der Waals surface area contributed by atoms with Crippen molar-refractivity contribution in [2.24, 2.45) is 0 Å². The average Bonchev–Trinajstić information content (AvgIpc) is 2.68. The molecule has 0 aliphatic heterocycles. The van der Waals surface area contributed by atoms with E-state index in [9.17, 15) is 13.2 Å². The van der Waals surface area contributed by atoms with E-state index in [1.54, 1.807) is 39.0 Å². The summed E-state index contributed by atoms with van der Waals surface area (Å²) < 4.78 is 37.5. The Kier molecular flexibility index (Phi) is 7.64. The van der Waals surface area contributed by atoms with E-state index in [1.165, 1.54) is 17.5 Å². The number of amides is 1. The van der Waals surface area contributed by atoms with E-state index in [0.29, 0.717) is 35.8 Å². The highest BCUT2D eigenvalue weighted by Crippen LogP contribution is 2.26. The van der Waals surface area contributed by atoms with Gasteiger partial charge in [0, 0.05) is 13.1 Å². The van der Waals surface area contributed by atoms with Crippen molar-refractivity contribution in [2.75, 3.05) is 32.1 Å². The Hall–Kier alpha value is -2.58. The Morgan fingerprint density at radius 1 is 1.03 bits per heavy atom. The summed E-state index contributed by atoms with van der Waals surface area (Å²) >= 11 is 0. The first-order valence-electron chi connectivity index (χ1n) is 9.41. The molecule has 0 unspecified atom stereocenters. The van der Waals surface area contributed by atoms with Crippen LogP contribution in [0.4, 0.5) is 5.69 Å². The fourth-order valence-corrected chi connectivity index (χ4v) is 4.45. The van der Waals surface area contributed by atoms with Crippen LogP contribution in [0.3, 0.4) is 0 Å². The molecule has 0 radical (unpaired) electrons. The Labute approximate surface area is 172 Å². The van der Waals surface area contributed by atoms with E-state index >= 15 is 0 Å². The molecule has 29 heavy (non-hydrogen) atoms. The Morgan fingerprint density at radius 2 is 1.69 bits per heavy atom. The maximum Gasteiger partial charge on any atom is 0.262 e. The minimum atomic E-state index is -3.54.